The van der Waals surface area contributed by atoms with Crippen molar-refractivity contribution < 1.29 is 9.53 Å². The Morgan fingerprint density at radius 1 is 1.04 bits per heavy atom. The van der Waals surface area contributed by atoms with E-state index in [1.54, 1.807) is 11.8 Å². The Labute approximate surface area is 172 Å². The molecule has 2 aromatic carbocycles. The maximum atomic E-state index is 12.6. The zero-order valence-electron chi connectivity index (χ0n) is 16.8. The molecule has 150 valence electrons. The Morgan fingerprint density at radius 3 is 2.11 bits per heavy atom. The van der Waals surface area contributed by atoms with Crippen molar-refractivity contribution in [3.63, 3.8) is 0 Å². The first-order valence-corrected chi connectivity index (χ1v) is 10.9. The molecule has 0 radical (unpaired) electrons. The van der Waals surface area contributed by atoms with Gasteiger partial charge in [-0.2, -0.15) is 0 Å². The summed E-state index contributed by atoms with van der Waals surface area (Å²) < 4.78 is 5.44. The molecule has 2 aromatic rings. The number of hydrogen-bond acceptors (Lipinski definition) is 4. The maximum absolute atomic E-state index is 12.6. The van der Waals surface area contributed by atoms with Gasteiger partial charge in [0.05, 0.1) is 24.2 Å². The van der Waals surface area contributed by atoms with Crippen LogP contribution in [-0.4, -0.2) is 54.9 Å². The number of benzene rings is 2. The number of carbonyl (C=O) groups excluding carboxylic acids is 1. The number of nitrogens with zero attached hydrogens (tertiary/aromatic N) is 1. The third-order valence-electron chi connectivity index (χ3n) is 5.17. The van der Waals surface area contributed by atoms with Gasteiger partial charge in [0.1, 0.15) is 0 Å². The third kappa shape index (κ3) is 5.84. The highest BCUT2D eigenvalue weighted by molar-refractivity contribution is 8.00. The van der Waals surface area contributed by atoms with Gasteiger partial charge in [-0.3, -0.25) is 9.69 Å². The van der Waals surface area contributed by atoms with Crippen LogP contribution in [0.25, 0.3) is 0 Å². The quantitative estimate of drug-likeness (QED) is 0.736. The largest absolute Gasteiger partial charge is 0.379 e. The number of carbonyl (C=O) groups is 1. The standard InChI is InChI=1S/C23H30N2O2S/c1-23(2,25-13-15-27-16-14-25)18-24-21(26)17-28-22(19-9-5-3-6-10-19)20-11-7-4-8-12-20/h3-12,22H,13-18H2,1-2H3,(H,24,26). The minimum atomic E-state index is -0.0671. The van der Waals surface area contributed by atoms with Crippen LogP contribution in [0.15, 0.2) is 60.7 Å². The zero-order chi connectivity index (χ0) is 19.8. The van der Waals surface area contributed by atoms with Crippen molar-refractivity contribution in [1.29, 1.82) is 0 Å². The van der Waals surface area contributed by atoms with Gasteiger partial charge in [0.25, 0.3) is 0 Å². The predicted octanol–water partition coefficient (Wildman–Crippen LogP) is 3.74. The number of morpholine rings is 1. The second-order valence-corrected chi connectivity index (χ2v) is 8.79. The summed E-state index contributed by atoms with van der Waals surface area (Å²) in [4.78, 5) is 15.0. The van der Waals surface area contributed by atoms with Crippen LogP contribution in [0.4, 0.5) is 0 Å². The molecular formula is C23H30N2O2S. The van der Waals surface area contributed by atoms with Crippen LogP contribution in [0.2, 0.25) is 0 Å². The number of rotatable bonds is 8. The molecule has 1 amide bonds. The second kappa shape index (κ2) is 10.1. The molecule has 28 heavy (non-hydrogen) atoms. The summed E-state index contributed by atoms with van der Waals surface area (Å²) >= 11 is 1.68. The van der Waals surface area contributed by atoms with Gasteiger partial charge in [-0.15, -0.1) is 11.8 Å². The lowest BCUT2D eigenvalue weighted by Crippen LogP contribution is -2.55. The van der Waals surface area contributed by atoms with Crippen molar-refractivity contribution in [3.05, 3.63) is 71.8 Å². The van der Waals surface area contributed by atoms with Crippen molar-refractivity contribution in [1.82, 2.24) is 10.2 Å². The van der Waals surface area contributed by atoms with Crippen molar-refractivity contribution in [2.24, 2.45) is 0 Å². The second-order valence-electron chi connectivity index (χ2n) is 7.70. The molecule has 1 fully saturated rings. The molecule has 4 nitrogen and oxygen atoms in total. The van der Waals surface area contributed by atoms with Gasteiger partial charge >= 0.3 is 0 Å². The minimum absolute atomic E-state index is 0.0671. The van der Waals surface area contributed by atoms with E-state index in [1.165, 1.54) is 11.1 Å². The number of nitrogens with one attached hydrogen (secondary N) is 1. The molecule has 1 heterocycles. The van der Waals surface area contributed by atoms with Crippen LogP contribution in [0.5, 0.6) is 0 Å². The first-order valence-electron chi connectivity index (χ1n) is 9.87. The molecule has 0 atom stereocenters. The molecule has 0 spiro atoms. The first kappa shape index (κ1) is 20.9. The lowest BCUT2D eigenvalue weighted by atomic mass is 10.0. The summed E-state index contributed by atoms with van der Waals surface area (Å²) in [5.41, 5.74) is 2.38. The van der Waals surface area contributed by atoms with Crippen LogP contribution in [0.3, 0.4) is 0 Å². The minimum Gasteiger partial charge on any atom is -0.379 e. The summed E-state index contributed by atoms with van der Waals surface area (Å²) in [5.74, 6) is 0.524. The van der Waals surface area contributed by atoms with Crippen molar-refractivity contribution in [2.75, 3.05) is 38.6 Å². The monoisotopic (exact) mass is 398 g/mol. The summed E-state index contributed by atoms with van der Waals surface area (Å²) in [5, 5.41) is 3.29. The first-order chi connectivity index (χ1) is 13.6. The van der Waals surface area contributed by atoms with E-state index in [4.69, 9.17) is 4.74 Å². The summed E-state index contributed by atoms with van der Waals surface area (Å²) in [6.45, 7) is 8.38. The molecule has 0 aliphatic carbocycles. The van der Waals surface area contributed by atoms with Gasteiger partial charge in [-0.1, -0.05) is 60.7 Å². The summed E-state index contributed by atoms with van der Waals surface area (Å²) in [7, 11) is 0. The molecule has 0 bridgehead atoms. The Hall–Kier alpha value is -1.82. The molecule has 0 unspecified atom stereocenters. The van der Waals surface area contributed by atoms with Crippen molar-refractivity contribution >= 4 is 17.7 Å². The predicted molar refractivity (Wildman–Crippen MR) is 117 cm³/mol. The molecule has 1 aliphatic rings. The highest BCUT2D eigenvalue weighted by atomic mass is 32.2. The molecule has 1 aliphatic heterocycles. The van der Waals surface area contributed by atoms with Crippen LogP contribution >= 0.6 is 11.8 Å². The van der Waals surface area contributed by atoms with Gasteiger partial charge in [-0.25, -0.2) is 0 Å². The number of ether oxygens (including phenoxy) is 1. The Balaban J connectivity index is 1.56. The van der Waals surface area contributed by atoms with Crippen LogP contribution < -0.4 is 5.32 Å². The fraction of sp³-hybridized carbons (Fsp3) is 0.435. The Kier molecular flexibility index (Phi) is 7.54. The highest BCUT2D eigenvalue weighted by Gasteiger charge is 2.28. The van der Waals surface area contributed by atoms with Gasteiger partial charge in [0.15, 0.2) is 0 Å². The van der Waals surface area contributed by atoms with E-state index in [9.17, 15) is 4.79 Å². The van der Waals surface area contributed by atoms with E-state index in [0.29, 0.717) is 12.3 Å². The molecule has 0 aromatic heterocycles. The van der Waals surface area contributed by atoms with E-state index in [-0.39, 0.29) is 16.7 Å². The van der Waals surface area contributed by atoms with Gasteiger partial charge < -0.3 is 10.1 Å². The zero-order valence-corrected chi connectivity index (χ0v) is 17.6. The topological polar surface area (TPSA) is 41.6 Å². The lowest BCUT2D eigenvalue weighted by Gasteiger charge is -2.40. The van der Waals surface area contributed by atoms with Gasteiger partial charge in [0.2, 0.25) is 5.91 Å². The molecule has 1 N–H and O–H groups in total. The van der Waals surface area contributed by atoms with Crippen molar-refractivity contribution in [2.45, 2.75) is 24.6 Å². The van der Waals surface area contributed by atoms with Crippen LogP contribution in [0.1, 0.15) is 30.2 Å². The van der Waals surface area contributed by atoms with Gasteiger partial charge in [0, 0.05) is 25.2 Å². The number of hydrogen-bond donors (Lipinski definition) is 1. The third-order valence-corrected chi connectivity index (χ3v) is 6.48. The fourth-order valence-electron chi connectivity index (χ4n) is 3.45. The molecule has 3 rings (SSSR count). The molecular weight excluding hydrogens is 368 g/mol. The summed E-state index contributed by atoms with van der Waals surface area (Å²) in [6, 6.07) is 20.8. The van der Waals surface area contributed by atoms with E-state index in [1.807, 2.05) is 12.1 Å². The molecule has 5 heteroatoms. The SMILES string of the molecule is CC(C)(CNC(=O)CSC(c1ccccc1)c1ccccc1)N1CCOCC1. The molecule has 0 saturated carbocycles. The van der Waals surface area contributed by atoms with Crippen molar-refractivity contribution in [3.8, 4) is 0 Å². The molecule has 1 saturated heterocycles. The highest BCUT2D eigenvalue weighted by Crippen LogP contribution is 2.35. The van der Waals surface area contributed by atoms with E-state index < -0.39 is 0 Å². The van der Waals surface area contributed by atoms with E-state index in [0.717, 1.165) is 26.3 Å². The normalized spacial score (nSPS) is 15.5. The number of amides is 1. The number of thioether (sulfide) groups is 1. The van der Waals surface area contributed by atoms with E-state index in [2.05, 4.69) is 72.6 Å². The Morgan fingerprint density at radius 2 is 1.57 bits per heavy atom. The Bertz CT molecular complexity index is 691. The van der Waals surface area contributed by atoms with Crippen LogP contribution in [-0.2, 0) is 9.53 Å². The fourth-order valence-corrected chi connectivity index (χ4v) is 4.57. The van der Waals surface area contributed by atoms with Crippen LogP contribution in [0, 0.1) is 0 Å². The lowest BCUT2D eigenvalue weighted by molar-refractivity contribution is -0.119. The summed E-state index contributed by atoms with van der Waals surface area (Å²) in [6.07, 6.45) is 0. The maximum Gasteiger partial charge on any atom is 0.230 e. The van der Waals surface area contributed by atoms with E-state index >= 15 is 0 Å². The average molecular weight is 399 g/mol. The van der Waals surface area contributed by atoms with Gasteiger partial charge in [-0.05, 0) is 25.0 Å². The smallest absolute Gasteiger partial charge is 0.230 e. The average Bonchev–Trinajstić information content (AvgIpc) is 2.75.